The third-order valence-electron chi connectivity index (χ3n) is 2.17. The SMILES string of the molecule is CCOC(=O)C(C)(C)C(O)c1nccs1. The van der Waals surface area contributed by atoms with Crippen LogP contribution in [0.1, 0.15) is 31.9 Å². The van der Waals surface area contributed by atoms with E-state index in [0.717, 1.165) is 0 Å². The lowest BCUT2D eigenvalue weighted by Gasteiger charge is -2.26. The number of ether oxygens (including phenoxy) is 1. The molecule has 0 saturated heterocycles. The Balaban J connectivity index is 2.81. The van der Waals surface area contributed by atoms with Crippen molar-refractivity contribution in [1.29, 1.82) is 0 Å². The van der Waals surface area contributed by atoms with Crippen LogP contribution in [0.4, 0.5) is 0 Å². The van der Waals surface area contributed by atoms with Crippen LogP contribution in [0.25, 0.3) is 0 Å². The molecule has 0 spiro atoms. The average molecular weight is 229 g/mol. The maximum Gasteiger partial charge on any atom is 0.314 e. The van der Waals surface area contributed by atoms with Gasteiger partial charge in [-0.2, -0.15) is 0 Å². The fraction of sp³-hybridized carbons (Fsp3) is 0.600. The van der Waals surface area contributed by atoms with E-state index in [1.54, 1.807) is 32.3 Å². The Kier molecular flexibility index (Phi) is 3.82. The van der Waals surface area contributed by atoms with E-state index in [-0.39, 0.29) is 0 Å². The number of carbonyl (C=O) groups is 1. The third-order valence-corrected chi connectivity index (χ3v) is 3.00. The summed E-state index contributed by atoms with van der Waals surface area (Å²) < 4.78 is 4.90. The van der Waals surface area contributed by atoms with Crippen molar-refractivity contribution in [2.45, 2.75) is 26.9 Å². The van der Waals surface area contributed by atoms with Crippen LogP contribution in [0, 0.1) is 5.41 Å². The van der Waals surface area contributed by atoms with E-state index < -0.39 is 17.5 Å². The predicted molar refractivity (Wildman–Crippen MR) is 57.5 cm³/mol. The van der Waals surface area contributed by atoms with Gasteiger partial charge in [0.1, 0.15) is 11.1 Å². The smallest absolute Gasteiger partial charge is 0.314 e. The zero-order valence-corrected chi connectivity index (χ0v) is 9.87. The van der Waals surface area contributed by atoms with Crippen LogP contribution in [-0.2, 0) is 9.53 Å². The monoisotopic (exact) mass is 229 g/mol. The number of thiazole rings is 1. The molecule has 0 bridgehead atoms. The molecule has 0 aromatic carbocycles. The Morgan fingerprint density at radius 1 is 1.73 bits per heavy atom. The van der Waals surface area contributed by atoms with Crippen molar-refractivity contribution in [2.24, 2.45) is 5.41 Å². The van der Waals surface area contributed by atoms with Gasteiger partial charge in [0, 0.05) is 11.6 Å². The van der Waals surface area contributed by atoms with Crippen LogP contribution in [0.5, 0.6) is 0 Å². The predicted octanol–water partition coefficient (Wildman–Crippen LogP) is 1.77. The van der Waals surface area contributed by atoms with Crippen LogP contribution >= 0.6 is 11.3 Å². The Hall–Kier alpha value is -0.940. The van der Waals surface area contributed by atoms with Gasteiger partial charge in [-0.25, -0.2) is 4.98 Å². The summed E-state index contributed by atoms with van der Waals surface area (Å²) in [6, 6.07) is 0. The van der Waals surface area contributed by atoms with E-state index in [9.17, 15) is 9.90 Å². The molecule has 1 aromatic rings. The van der Waals surface area contributed by atoms with Gasteiger partial charge < -0.3 is 9.84 Å². The molecular weight excluding hydrogens is 214 g/mol. The second-order valence-electron chi connectivity index (χ2n) is 3.72. The number of esters is 1. The van der Waals surface area contributed by atoms with Gasteiger partial charge in [-0.15, -0.1) is 11.3 Å². The highest BCUT2D eigenvalue weighted by molar-refractivity contribution is 7.09. The van der Waals surface area contributed by atoms with Crippen LogP contribution in [0.2, 0.25) is 0 Å². The third kappa shape index (κ3) is 2.54. The summed E-state index contributed by atoms with van der Waals surface area (Å²) in [4.78, 5) is 15.6. The number of hydrogen-bond donors (Lipinski definition) is 1. The van der Waals surface area contributed by atoms with Crippen molar-refractivity contribution in [1.82, 2.24) is 4.98 Å². The molecular formula is C10H15NO3S. The highest BCUT2D eigenvalue weighted by Crippen LogP contribution is 2.35. The largest absolute Gasteiger partial charge is 0.465 e. The average Bonchev–Trinajstić information content (AvgIpc) is 2.69. The minimum absolute atomic E-state index is 0.312. The first-order chi connectivity index (χ1) is 7.00. The summed E-state index contributed by atoms with van der Waals surface area (Å²) in [5.41, 5.74) is -0.964. The summed E-state index contributed by atoms with van der Waals surface area (Å²) in [5.74, 6) is -0.410. The second kappa shape index (κ2) is 4.72. The summed E-state index contributed by atoms with van der Waals surface area (Å²) in [6.45, 7) is 5.35. The molecule has 0 saturated carbocycles. The standard InChI is InChI=1S/C10H15NO3S/c1-4-14-9(13)10(2,3)7(12)8-11-5-6-15-8/h5-7,12H,4H2,1-3H3. The summed E-state index contributed by atoms with van der Waals surface area (Å²) >= 11 is 1.32. The Morgan fingerprint density at radius 3 is 2.87 bits per heavy atom. The molecule has 0 amide bonds. The number of aromatic nitrogens is 1. The zero-order chi connectivity index (χ0) is 11.5. The van der Waals surface area contributed by atoms with Crippen molar-refractivity contribution >= 4 is 17.3 Å². The minimum Gasteiger partial charge on any atom is -0.465 e. The van der Waals surface area contributed by atoms with Crippen LogP contribution in [0.3, 0.4) is 0 Å². The summed E-state index contributed by atoms with van der Waals surface area (Å²) in [7, 11) is 0. The molecule has 15 heavy (non-hydrogen) atoms. The molecule has 84 valence electrons. The highest BCUT2D eigenvalue weighted by Gasteiger charge is 2.39. The van der Waals surface area contributed by atoms with Gasteiger partial charge in [0.15, 0.2) is 0 Å². The quantitative estimate of drug-likeness (QED) is 0.799. The maximum atomic E-state index is 11.6. The number of aliphatic hydroxyl groups is 1. The molecule has 1 N–H and O–H groups in total. The zero-order valence-electron chi connectivity index (χ0n) is 9.06. The number of hydrogen-bond acceptors (Lipinski definition) is 5. The molecule has 1 atom stereocenters. The van der Waals surface area contributed by atoms with Gasteiger partial charge in [-0.1, -0.05) is 0 Å². The minimum atomic E-state index is -0.964. The lowest BCUT2D eigenvalue weighted by atomic mass is 9.87. The van der Waals surface area contributed by atoms with Gasteiger partial charge in [0.25, 0.3) is 0 Å². The van der Waals surface area contributed by atoms with Crippen molar-refractivity contribution in [3.05, 3.63) is 16.6 Å². The van der Waals surface area contributed by atoms with Crippen LogP contribution in [0.15, 0.2) is 11.6 Å². The Morgan fingerprint density at radius 2 is 2.40 bits per heavy atom. The molecule has 1 aromatic heterocycles. The van der Waals surface area contributed by atoms with Gasteiger partial charge in [-0.3, -0.25) is 4.79 Å². The topological polar surface area (TPSA) is 59.4 Å². The molecule has 0 fully saturated rings. The van der Waals surface area contributed by atoms with Crippen molar-refractivity contribution < 1.29 is 14.6 Å². The molecule has 0 aliphatic carbocycles. The number of aliphatic hydroxyl groups excluding tert-OH is 1. The molecule has 0 radical (unpaired) electrons. The number of nitrogens with zero attached hydrogens (tertiary/aromatic N) is 1. The van der Waals surface area contributed by atoms with Crippen molar-refractivity contribution in [2.75, 3.05) is 6.61 Å². The van der Waals surface area contributed by atoms with E-state index in [4.69, 9.17) is 4.74 Å². The molecule has 1 heterocycles. The van der Waals surface area contributed by atoms with Gasteiger partial charge in [-0.05, 0) is 20.8 Å². The lowest BCUT2D eigenvalue weighted by molar-refractivity contribution is -0.160. The molecule has 0 aliphatic heterocycles. The van der Waals surface area contributed by atoms with Gasteiger partial charge in [0.2, 0.25) is 0 Å². The first-order valence-corrected chi connectivity index (χ1v) is 5.62. The number of carbonyl (C=O) groups excluding carboxylic acids is 1. The fourth-order valence-corrected chi connectivity index (χ4v) is 1.91. The van der Waals surface area contributed by atoms with Crippen molar-refractivity contribution in [3.63, 3.8) is 0 Å². The van der Waals surface area contributed by atoms with E-state index in [0.29, 0.717) is 11.6 Å². The van der Waals surface area contributed by atoms with Crippen molar-refractivity contribution in [3.8, 4) is 0 Å². The van der Waals surface area contributed by atoms with E-state index >= 15 is 0 Å². The lowest BCUT2D eigenvalue weighted by Crippen LogP contribution is -2.33. The van der Waals surface area contributed by atoms with Gasteiger partial charge in [0.05, 0.1) is 12.0 Å². The first kappa shape index (κ1) is 12.1. The fourth-order valence-electron chi connectivity index (χ4n) is 1.11. The maximum absolute atomic E-state index is 11.6. The van der Waals surface area contributed by atoms with Crippen LogP contribution in [-0.4, -0.2) is 22.7 Å². The Bertz CT molecular complexity index is 321. The molecule has 5 heteroatoms. The van der Waals surface area contributed by atoms with E-state index in [1.807, 2.05) is 0 Å². The van der Waals surface area contributed by atoms with Gasteiger partial charge >= 0.3 is 5.97 Å². The van der Waals surface area contributed by atoms with E-state index in [2.05, 4.69) is 4.98 Å². The Labute approximate surface area is 92.9 Å². The normalized spacial score (nSPS) is 13.6. The molecule has 1 unspecified atom stereocenters. The second-order valence-corrected chi connectivity index (χ2v) is 4.64. The summed E-state index contributed by atoms with van der Waals surface area (Å²) in [6.07, 6.45) is 0.682. The summed E-state index contributed by atoms with van der Waals surface area (Å²) in [5, 5.41) is 12.3. The highest BCUT2D eigenvalue weighted by atomic mass is 32.1. The molecule has 1 rings (SSSR count). The number of rotatable bonds is 4. The van der Waals surface area contributed by atoms with Crippen LogP contribution < -0.4 is 0 Å². The van der Waals surface area contributed by atoms with E-state index in [1.165, 1.54) is 11.3 Å². The molecule has 4 nitrogen and oxygen atoms in total. The molecule has 0 aliphatic rings. The first-order valence-electron chi connectivity index (χ1n) is 4.74.